The second-order valence-corrected chi connectivity index (χ2v) is 7.10. The van der Waals surface area contributed by atoms with Crippen molar-refractivity contribution in [2.24, 2.45) is 0 Å². The van der Waals surface area contributed by atoms with Crippen molar-refractivity contribution >= 4 is 17.6 Å². The summed E-state index contributed by atoms with van der Waals surface area (Å²) in [7, 11) is 0. The number of thioether (sulfide) groups is 1. The Kier molecular flexibility index (Phi) is 5.29. The van der Waals surface area contributed by atoms with Gasteiger partial charge >= 0.3 is 6.01 Å². The summed E-state index contributed by atoms with van der Waals surface area (Å²) in [6, 6.07) is 1.79. The highest BCUT2D eigenvalue weighted by atomic mass is 32.2. The van der Waals surface area contributed by atoms with Gasteiger partial charge in [-0.1, -0.05) is 0 Å². The molecule has 0 aromatic carbocycles. The van der Waals surface area contributed by atoms with Gasteiger partial charge in [-0.2, -0.15) is 4.57 Å². The number of hydrogen-bond donors (Lipinski definition) is 2. The average molecular weight is 314 g/mol. The third-order valence-electron chi connectivity index (χ3n) is 2.85. The number of ether oxygens (including phenoxy) is 2. The molecule has 118 valence electrons. The monoisotopic (exact) mass is 314 g/mol. The van der Waals surface area contributed by atoms with Crippen LogP contribution in [0.25, 0.3) is 0 Å². The molecular formula is C14H24N3O3S+. The van der Waals surface area contributed by atoms with Crippen molar-refractivity contribution in [2.75, 3.05) is 24.3 Å². The molecule has 2 heterocycles. The van der Waals surface area contributed by atoms with E-state index in [4.69, 9.17) is 9.47 Å². The van der Waals surface area contributed by atoms with E-state index in [-0.39, 0.29) is 23.2 Å². The van der Waals surface area contributed by atoms with Gasteiger partial charge in [-0.3, -0.25) is 0 Å². The molecule has 21 heavy (non-hydrogen) atoms. The van der Waals surface area contributed by atoms with Crippen LogP contribution in [-0.2, 0) is 9.47 Å². The summed E-state index contributed by atoms with van der Waals surface area (Å²) < 4.78 is 12.9. The lowest BCUT2D eigenvalue weighted by atomic mass is 10.1. The predicted molar refractivity (Wildman–Crippen MR) is 82.3 cm³/mol. The molecule has 1 saturated heterocycles. The van der Waals surface area contributed by atoms with Crippen LogP contribution in [0.5, 0.6) is 6.01 Å². The Morgan fingerprint density at radius 1 is 1.57 bits per heavy atom. The van der Waals surface area contributed by atoms with Gasteiger partial charge < -0.3 is 19.9 Å². The Labute approximate surface area is 129 Å². The van der Waals surface area contributed by atoms with Crippen molar-refractivity contribution < 1.29 is 19.1 Å². The molecule has 2 N–H and O–H groups in total. The number of hydrogen-bond acceptors (Lipinski definition) is 6. The summed E-state index contributed by atoms with van der Waals surface area (Å²) in [5.74, 6) is 1.41. The highest BCUT2D eigenvalue weighted by Crippen LogP contribution is 2.29. The zero-order valence-electron chi connectivity index (χ0n) is 13.0. The van der Waals surface area contributed by atoms with E-state index in [0.717, 1.165) is 5.75 Å². The first kappa shape index (κ1) is 16.3. The molecule has 1 aromatic rings. The van der Waals surface area contributed by atoms with Crippen molar-refractivity contribution in [2.45, 2.75) is 44.9 Å². The number of nitrogens with zero attached hydrogens (tertiary/aromatic N) is 2. The van der Waals surface area contributed by atoms with E-state index in [0.29, 0.717) is 19.0 Å². The van der Waals surface area contributed by atoms with Crippen LogP contribution in [-0.4, -0.2) is 40.0 Å². The minimum absolute atomic E-state index is 0.00854. The first-order valence-electron chi connectivity index (χ1n) is 7.13. The van der Waals surface area contributed by atoms with E-state index >= 15 is 0 Å². The molecule has 0 unspecified atom stereocenters. The summed E-state index contributed by atoms with van der Waals surface area (Å²) in [6.45, 7) is 9.34. The third kappa shape index (κ3) is 4.72. The van der Waals surface area contributed by atoms with Gasteiger partial charge in [0, 0.05) is 23.2 Å². The van der Waals surface area contributed by atoms with Gasteiger partial charge in [-0.15, -0.1) is 11.8 Å². The second kappa shape index (κ2) is 6.81. The lowest BCUT2D eigenvalue weighted by Gasteiger charge is -2.19. The maximum Gasteiger partial charge on any atom is 0.500 e. The number of aromatic hydroxyl groups is 1. The number of nitrogens with one attached hydrogen (secondary N) is 1. The van der Waals surface area contributed by atoms with Gasteiger partial charge in [0.25, 0.3) is 0 Å². The van der Waals surface area contributed by atoms with Crippen LogP contribution in [0, 0.1) is 0 Å². The van der Waals surface area contributed by atoms with Crippen LogP contribution < -0.4 is 9.88 Å². The molecule has 1 aromatic heterocycles. The van der Waals surface area contributed by atoms with Crippen LogP contribution >= 0.6 is 11.8 Å². The number of rotatable bonds is 5. The van der Waals surface area contributed by atoms with E-state index in [1.54, 1.807) is 22.5 Å². The fourth-order valence-corrected chi connectivity index (χ4v) is 3.01. The van der Waals surface area contributed by atoms with E-state index < -0.39 is 0 Å². The first-order valence-corrected chi connectivity index (χ1v) is 8.18. The van der Waals surface area contributed by atoms with Gasteiger partial charge in [-0.25, -0.2) is 0 Å². The summed E-state index contributed by atoms with van der Waals surface area (Å²) in [5, 5.41) is 13.3. The van der Waals surface area contributed by atoms with Gasteiger partial charge in [0.1, 0.15) is 11.6 Å². The Morgan fingerprint density at radius 3 is 2.95 bits per heavy atom. The summed E-state index contributed by atoms with van der Waals surface area (Å²) in [5.41, 5.74) is -0.0947. The Morgan fingerprint density at radius 2 is 2.33 bits per heavy atom. The summed E-state index contributed by atoms with van der Waals surface area (Å²) >= 11 is 1.69. The Hall–Kier alpha value is -1.05. The average Bonchev–Trinajstić information content (AvgIpc) is 2.83. The maximum absolute atomic E-state index is 10.1. The standard InChI is InChI=1S/C14H23N3O3S/c1-5-19-8-12-20-11(9-21-12)17-7-6-10(15-13(17)18)16-14(2,3)4/h6-7,11-12H,5,8-9H2,1-4H3,(H,15,16,18)/p+1/t11-,12+/m1/s1. The van der Waals surface area contributed by atoms with E-state index in [1.165, 1.54) is 0 Å². The minimum atomic E-state index is -0.211. The predicted octanol–water partition coefficient (Wildman–Crippen LogP) is 1.91. The van der Waals surface area contributed by atoms with Crippen molar-refractivity contribution in [3.8, 4) is 6.01 Å². The third-order valence-corrected chi connectivity index (χ3v) is 3.95. The zero-order chi connectivity index (χ0) is 15.5. The van der Waals surface area contributed by atoms with Crippen LogP contribution in [0.15, 0.2) is 12.3 Å². The fourth-order valence-electron chi connectivity index (χ4n) is 1.99. The molecule has 1 fully saturated rings. The summed E-state index contributed by atoms with van der Waals surface area (Å²) in [6.07, 6.45) is 1.58. The molecule has 0 radical (unpaired) electrons. The minimum Gasteiger partial charge on any atom is -0.443 e. The van der Waals surface area contributed by atoms with Crippen molar-refractivity contribution in [1.82, 2.24) is 4.98 Å². The molecule has 7 heteroatoms. The molecule has 1 aliphatic heterocycles. The molecule has 0 spiro atoms. The Bertz CT molecular complexity index is 479. The molecule has 2 rings (SSSR count). The quantitative estimate of drug-likeness (QED) is 0.809. The molecule has 0 aliphatic carbocycles. The van der Waals surface area contributed by atoms with Gasteiger partial charge in [0.05, 0.1) is 12.4 Å². The van der Waals surface area contributed by atoms with Crippen molar-refractivity contribution in [3.63, 3.8) is 0 Å². The van der Waals surface area contributed by atoms with E-state index in [1.807, 2.05) is 33.8 Å². The van der Waals surface area contributed by atoms with Crippen LogP contribution in [0.4, 0.5) is 5.82 Å². The first-order chi connectivity index (χ1) is 9.89. The molecule has 0 amide bonds. The highest BCUT2D eigenvalue weighted by Gasteiger charge is 2.33. The largest absolute Gasteiger partial charge is 0.500 e. The maximum atomic E-state index is 10.1. The molecule has 0 saturated carbocycles. The lowest BCUT2D eigenvalue weighted by Crippen LogP contribution is -2.42. The molecule has 0 bridgehead atoms. The van der Waals surface area contributed by atoms with E-state index in [9.17, 15) is 5.11 Å². The van der Waals surface area contributed by atoms with Gasteiger partial charge in [-0.05, 0) is 27.7 Å². The topological polar surface area (TPSA) is 67.5 Å². The van der Waals surface area contributed by atoms with Crippen LogP contribution in [0.1, 0.15) is 33.9 Å². The van der Waals surface area contributed by atoms with Crippen molar-refractivity contribution in [1.29, 1.82) is 0 Å². The van der Waals surface area contributed by atoms with Crippen LogP contribution in [0.3, 0.4) is 0 Å². The highest BCUT2D eigenvalue weighted by molar-refractivity contribution is 8.00. The van der Waals surface area contributed by atoms with Gasteiger partial charge in [0.2, 0.25) is 12.0 Å². The number of anilines is 1. The molecular weight excluding hydrogens is 290 g/mol. The number of aromatic nitrogens is 2. The van der Waals surface area contributed by atoms with Crippen molar-refractivity contribution in [3.05, 3.63) is 12.3 Å². The second-order valence-electron chi connectivity index (χ2n) is 5.91. The normalized spacial score (nSPS) is 22.5. The molecule has 1 aliphatic rings. The summed E-state index contributed by atoms with van der Waals surface area (Å²) in [4.78, 5) is 4.18. The lowest BCUT2D eigenvalue weighted by molar-refractivity contribution is -0.762. The molecule has 2 atom stereocenters. The molecule has 6 nitrogen and oxygen atoms in total. The van der Waals surface area contributed by atoms with Crippen LogP contribution in [0.2, 0.25) is 0 Å². The smallest absolute Gasteiger partial charge is 0.443 e. The van der Waals surface area contributed by atoms with Gasteiger partial charge in [0.15, 0.2) is 0 Å². The SMILES string of the molecule is CCOC[C@H]1O[C@@H]([n+]2ccc(NC(C)(C)C)nc2O)CS1. The fraction of sp³-hybridized carbons (Fsp3) is 0.714. The Balaban J connectivity index is 2.01. The zero-order valence-corrected chi connectivity index (χ0v) is 13.8. The van der Waals surface area contributed by atoms with E-state index in [2.05, 4.69) is 10.3 Å².